The van der Waals surface area contributed by atoms with Crippen molar-refractivity contribution in [2.24, 2.45) is 0 Å². The number of hydrogen-bond donors (Lipinski definition) is 4. The van der Waals surface area contributed by atoms with Crippen LogP contribution in [0.2, 0.25) is 0 Å². The Morgan fingerprint density at radius 2 is 1.92 bits per heavy atom. The van der Waals surface area contributed by atoms with Gasteiger partial charge < -0.3 is 15.1 Å². The van der Waals surface area contributed by atoms with Gasteiger partial charge in [-0.1, -0.05) is 0 Å². The number of carboxylic acids is 2. The van der Waals surface area contributed by atoms with Crippen LogP contribution in [0.4, 0.5) is 0 Å². The lowest BCUT2D eigenvalue weighted by Gasteiger charge is -2.13. The molecule has 2 atom stereocenters. The summed E-state index contributed by atoms with van der Waals surface area (Å²) in [6.45, 7) is 0.894. The molecule has 0 aromatic carbocycles. The summed E-state index contributed by atoms with van der Waals surface area (Å²) in [5.41, 5.74) is 0. The Bertz CT molecular complexity index is 258. The third kappa shape index (κ3) is 6.27. The van der Waals surface area contributed by atoms with Gasteiger partial charge in [-0.05, 0) is 0 Å². The lowest BCUT2D eigenvalue weighted by molar-refractivity contribution is -0.145. The first kappa shape index (κ1) is 12.1. The van der Waals surface area contributed by atoms with Crippen LogP contribution in [-0.2, 0) is 14.2 Å². The molecule has 0 aliphatic carbocycles. The monoisotopic (exact) mass is 211 g/mol. The third-order valence-electron chi connectivity index (χ3n) is 1.07. The number of aliphatic carboxylic acids is 2. The Morgan fingerprint density at radius 1 is 1.46 bits per heavy atom. The number of hydrogen-bond acceptors (Lipinski definition) is 3. The molecule has 0 aromatic heterocycles. The van der Waals surface area contributed by atoms with Gasteiger partial charge in [0.1, 0.15) is 6.04 Å². The fourth-order valence-electron chi connectivity index (χ4n) is 0.652. The lowest BCUT2D eigenvalue weighted by Crippen LogP contribution is -2.36. The van der Waals surface area contributed by atoms with Gasteiger partial charge in [0.25, 0.3) is 7.52 Å². The highest BCUT2D eigenvalue weighted by molar-refractivity contribution is 7.55. The quantitative estimate of drug-likeness (QED) is 0.444. The van der Waals surface area contributed by atoms with Crippen molar-refractivity contribution in [3.05, 3.63) is 0 Å². The summed E-state index contributed by atoms with van der Waals surface area (Å²) in [7, 11) is -3.73. The minimum absolute atomic E-state index is 0.742. The lowest BCUT2D eigenvalue weighted by atomic mass is 10.2. The van der Waals surface area contributed by atoms with Crippen molar-refractivity contribution in [3.8, 4) is 0 Å². The number of nitrogens with one attached hydrogen (secondary N) is 1. The molecule has 0 fully saturated rings. The predicted octanol–water partition coefficient (Wildman–Crippen LogP) is -0.681. The molecule has 0 rings (SSSR count). The van der Waals surface area contributed by atoms with Crippen LogP contribution in [0, 0.1) is 0 Å². The zero-order valence-electron chi connectivity index (χ0n) is 6.80. The fourth-order valence-corrected chi connectivity index (χ4v) is 1.43. The van der Waals surface area contributed by atoms with E-state index in [1.54, 1.807) is 0 Å². The van der Waals surface area contributed by atoms with Gasteiger partial charge in [-0.2, -0.15) is 0 Å². The van der Waals surface area contributed by atoms with E-state index < -0.39 is 31.9 Å². The molecule has 0 radical (unpaired) electrons. The van der Waals surface area contributed by atoms with Gasteiger partial charge in [0.15, 0.2) is 0 Å². The Hall–Kier alpha value is -0.910. The zero-order chi connectivity index (χ0) is 10.6. The standard InChI is InChI=1S/C5H10NO6P/c1-13(11,12)6-3(5(9)10)2-4(7)8/h3H,2H2,1H3,(H,7,8)(H,9,10)(H2,6,11,12)/t3-/m0/s1. The molecular formula is C5H10NO6P. The van der Waals surface area contributed by atoms with Crippen molar-refractivity contribution < 1.29 is 29.3 Å². The molecule has 0 aliphatic rings. The number of carbonyl (C=O) groups is 2. The van der Waals surface area contributed by atoms with E-state index in [2.05, 4.69) is 0 Å². The van der Waals surface area contributed by atoms with Gasteiger partial charge in [-0.25, -0.2) is 5.09 Å². The minimum Gasteiger partial charge on any atom is -0.481 e. The minimum atomic E-state index is -3.73. The SMILES string of the molecule is CP(=O)(O)N[C@@H](CC(=O)O)C(=O)O. The molecule has 0 spiro atoms. The van der Waals surface area contributed by atoms with Crippen LogP contribution in [0.5, 0.6) is 0 Å². The number of carboxylic acid groups (broad SMARTS) is 2. The summed E-state index contributed by atoms with van der Waals surface area (Å²) >= 11 is 0. The van der Waals surface area contributed by atoms with Crippen LogP contribution in [0.15, 0.2) is 0 Å². The van der Waals surface area contributed by atoms with Crippen molar-refractivity contribution in [2.75, 3.05) is 6.66 Å². The van der Waals surface area contributed by atoms with Crippen molar-refractivity contribution >= 4 is 19.5 Å². The Labute approximate surface area is 73.9 Å². The van der Waals surface area contributed by atoms with Crippen LogP contribution >= 0.6 is 7.52 Å². The molecule has 0 amide bonds. The highest BCUT2D eigenvalue weighted by Crippen LogP contribution is 2.30. The highest BCUT2D eigenvalue weighted by atomic mass is 31.2. The van der Waals surface area contributed by atoms with Crippen molar-refractivity contribution in [2.45, 2.75) is 12.5 Å². The normalized spacial score (nSPS) is 17.4. The molecule has 0 bridgehead atoms. The molecular weight excluding hydrogens is 201 g/mol. The molecule has 0 saturated heterocycles. The maximum atomic E-state index is 10.7. The third-order valence-corrected chi connectivity index (χ3v) is 1.86. The van der Waals surface area contributed by atoms with Crippen molar-refractivity contribution in [1.82, 2.24) is 5.09 Å². The van der Waals surface area contributed by atoms with Gasteiger partial charge in [-0.15, -0.1) is 0 Å². The second kappa shape index (κ2) is 4.36. The van der Waals surface area contributed by atoms with E-state index in [9.17, 15) is 14.2 Å². The van der Waals surface area contributed by atoms with Crippen LogP contribution < -0.4 is 5.09 Å². The van der Waals surface area contributed by atoms with E-state index >= 15 is 0 Å². The summed E-state index contributed by atoms with van der Waals surface area (Å²) in [5.74, 6) is -2.83. The summed E-state index contributed by atoms with van der Waals surface area (Å²) in [6.07, 6.45) is -0.742. The molecule has 0 heterocycles. The molecule has 4 N–H and O–H groups in total. The first-order chi connectivity index (χ1) is 5.72. The van der Waals surface area contributed by atoms with Crippen LogP contribution in [0.1, 0.15) is 6.42 Å². The molecule has 0 aromatic rings. The van der Waals surface area contributed by atoms with Gasteiger partial charge in [0.05, 0.1) is 6.42 Å². The second-order valence-corrected chi connectivity index (χ2v) is 4.51. The topological polar surface area (TPSA) is 124 Å². The maximum Gasteiger partial charge on any atom is 0.321 e. The highest BCUT2D eigenvalue weighted by Gasteiger charge is 2.26. The smallest absolute Gasteiger partial charge is 0.321 e. The van der Waals surface area contributed by atoms with Gasteiger partial charge in [0, 0.05) is 6.66 Å². The van der Waals surface area contributed by atoms with E-state index in [-0.39, 0.29) is 0 Å². The first-order valence-electron chi connectivity index (χ1n) is 3.25. The zero-order valence-corrected chi connectivity index (χ0v) is 7.69. The van der Waals surface area contributed by atoms with Crippen LogP contribution in [-0.4, -0.2) is 39.8 Å². The van der Waals surface area contributed by atoms with Gasteiger partial charge in [-0.3, -0.25) is 14.2 Å². The molecule has 13 heavy (non-hydrogen) atoms. The van der Waals surface area contributed by atoms with E-state index in [4.69, 9.17) is 15.1 Å². The Morgan fingerprint density at radius 3 is 2.15 bits per heavy atom. The number of rotatable bonds is 5. The van der Waals surface area contributed by atoms with Crippen molar-refractivity contribution in [1.29, 1.82) is 0 Å². The molecule has 7 nitrogen and oxygen atoms in total. The van der Waals surface area contributed by atoms with E-state index in [0.717, 1.165) is 6.66 Å². The Kier molecular flexibility index (Phi) is 4.06. The van der Waals surface area contributed by atoms with E-state index in [1.807, 2.05) is 5.09 Å². The molecule has 76 valence electrons. The molecule has 8 heteroatoms. The van der Waals surface area contributed by atoms with Gasteiger partial charge >= 0.3 is 11.9 Å². The summed E-state index contributed by atoms with van der Waals surface area (Å²) < 4.78 is 10.7. The maximum absolute atomic E-state index is 10.7. The Balaban J connectivity index is 4.36. The van der Waals surface area contributed by atoms with Crippen molar-refractivity contribution in [3.63, 3.8) is 0 Å². The van der Waals surface area contributed by atoms with Crippen LogP contribution in [0.25, 0.3) is 0 Å². The average Bonchev–Trinajstić information content (AvgIpc) is 1.81. The molecule has 1 unspecified atom stereocenters. The average molecular weight is 211 g/mol. The fraction of sp³-hybridized carbons (Fsp3) is 0.600. The first-order valence-corrected chi connectivity index (χ1v) is 5.35. The van der Waals surface area contributed by atoms with E-state index in [1.165, 1.54) is 0 Å². The summed E-state index contributed by atoms with van der Waals surface area (Å²) in [5, 5.41) is 18.5. The predicted molar refractivity (Wildman–Crippen MR) is 42.6 cm³/mol. The van der Waals surface area contributed by atoms with E-state index in [0.29, 0.717) is 0 Å². The van der Waals surface area contributed by atoms with Gasteiger partial charge in [0.2, 0.25) is 0 Å². The second-order valence-electron chi connectivity index (χ2n) is 2.50. The summed E-state index contributed by atoms with van der Waals surface area (Å²) in [4.78, 5) is 29.2. The van der Waals surface area contributed by atoms with Crippen LogP contribution in [0.3, 0.4) is 0 Å². The summed E-state index contributed by atoms with van der Waals surface area (Å²) in [6, 6.07) is -1.54. The largest absolute Gasteiger partial charge is 0.481 e. The molecule has 0 saturated carbocycles. The molecule has 0 aliphatic heterocycles.